The van der Waals surface area contributed by atoms with Crippen molar-refractivity contribution < 1.29 is 0 Å². The largest absolute Gasteiger partial charge is 0.120 e. The van der Waals surface area contributed by atoms with Crippen LogP contribution in [0.5, 0.6) is 0 Å². The molecule has 0 saturated carbocycles. The van der Waals surface area contributed by atoms with Crippen molar-refractivity contribution in [3.8, 4) is 0 Å². The van der Waals surface area contributed by atoms with Crippen LogP contribution in [0, 0.1) is 0 Å². The van der Waals surface area contributed by atoms with Crippen LogP contribution in [0.4, 0.5) is 0 Å². The molecule has 6 aromatic rings. The van der Waals surface area contributed by atoms with Gasteiger partial charge >= 0.3 is 0 Å². The molecule has 56 heavy (non-hydrogen) atoms. The van der Waals surface area contributed by atoms with Crippen LogP contribution in [0.1, 0.15) is 56.4 Å². The first kappa shape index (κ1) is 40.2. The van der Waals surface area contributed by atoms with E-state index in [1.807, 2.05) is 37.4 Å². The van der Waals surface area contributed by atoms with E-state index in [9.17, 15) is 0 Å². The van der Waals surface area contributed by atoms with Gasteiger partial charge in [0.25, 0.3) is 0 Å². The van der Waals surface area contributed by atoms with Gasteiger partial charge in [-0.1, -0.05) is 198 Å². The van der Waals surface area contributed by atoms with Crippen molar-refractivity contribution in [2.24, 2.45) is 0 Å². The van der Waals surface area contributed by atoms with E-state index < -0.39 is 7.12 Å². The van der Waals surface area contributed by atoms with E-state index in [0.717, 1.165) is 28.9 Å². The molecule has 0 radical (unpaired) electrons. The van der Waals surface area contributed by atoms with E-state index in [4.69, 9.17) is 0 Å². The van der Waals surface area contributed by atoms with E-state index in [0.29, 0.717) is 0 Å². The maximum absolute atomic E-state index is 4.42. The molecule has 0 fully saturated rings. The van der Waals surface area contributed by atoms with Gasteiger partial charge in [0, 0.05) is 12.9 Å². The van der Waals surface area contributed by atoms with Crippen molar-refractivity contribution in [1.82, 2.24) is 0 Å². The van der Waals surface area contributed by atoms with E-state index in [-0.39, 0.29) is 0 Å². The summed E-state index contributed by atoms with van der Waals surface area (Å²) in [6, 6.07) is 41.8. The minimum absolute atomic E-state index is 0.781. The molecule has 2 heteroatoms. The molecule has 0 N–H and O–H groups in total. The number of allylic oxidation sites excluding steroid dienone is 12. The maximum atomic E-state index is 4.42. The van der Waals surface area contributed by atoms with Crippen LogP contribution in [0.2, 0.25) is 0 Å². The van der Waals surface area contributed by atoms with Gasteiger partial charge in [0.05, 0.1) is 0 Å². The van der Waals surface area contributed by atoms with E-state index in [1.54, 1.807) is 6.08 Å². The smallest absolute Gasteiger partial charge is 0.0232 e. The molecule has 1 unspecified atom stereocenters. The number of fused-ring (bicyclic) bond motifs is 4. The highest BCUT2D eigenvalue weighted by molar-refractivity contribution is 8.60. The lowest BCUT2D eigenvalue weighted by molar-refractivity contribution is 1.40. The Balaban J connectivity index is 0.000000274. The maximum Gasteiger partial charge on any atom is 0.0232 e. The van der Waals surface area contributed by atoms with E-state index >= 15 is 0 Å². The topological polar surface area (TPSA) is 0 Å². The number of hydrogen-bond acceptors (Lipinski definition) is 1. The molecule has 2 aliphatic carbocycles. The second-order valence-electron chi connectivity index (χ2n) is 13.6. The molecule has 278 valence electrons. The highest BCUT2D eigenvalue weighted by Crippen LogP contribution is 2.62. The fraction of sp³-hybridized carbons (Fsp3) is 0.111. The van der Waals surface area contributed by atoms with Gasteiger partial charge < -0.3 is 0 Å². The molecule has 8 rings (SSSR count). The molecule has 0 aromatic heterocycles. The van der Waals surface area contributed by atoms with Crippen molar-refractivity contribution in [2.75, 3.05) is 5.75 Å². The lowest BCUT2D eigenvalue weighted by Crippen LogP contribution is -2.05. The quantitative estimate of drug-likeness (QED) is 0.0845. The monoisotopic (exact) mass is 762 g/mol. The lowest BCUT2D eigenvalue weighted by Gasteiger charge is -2.26. The first-order chi connectivity index (χ1) is 27.4. The number of rotatable bonds is 8. The molecule has 0 amide bonds. The van der Waals surface area contributed by atoms with Crippen LogP contribution < -0.4 is 5.30 Å². The normalized spacial score (nSPS) is 15.9. The molecule has 0 saturated heterocycles. The zero-order valence-corrected chi connectivity index (χ0v) is 34.9. The minimum Gasteiger partial charge on any atom is -0.120 e. The summed E-state index contributed by atoms with van der Waals surface area (Å²) in [5.74, 6) is 0.781. The van der Waals surface area contributed by atoms with Gasteiger partial charge in [0.15, 0.2) is 0 Å². The van der Waals surface area contributed by atoms with Gasteiger partial charge in [-0.25, -0.2) is 0 Å². The standard InChI is InChI=1S/C38H33PS.C14H12.C2H6/c1-5-6-17-28(2)30(4)27-40-39(37-25-10-8-7-9-18-29(3)32-20-13-15-23-35(32)37)38-26-31-19-11-12-21-33(31)34-22-14-16-24-36(34)38;1-9-10(2)13-8-4-6-11-5-3-7-12(9)14(11)13;1-2/h5-9,11-26H,1-4,10,27H2;3-8H,1-2H3;1-2H3/b8-7-,17-6-,18-9-,37-25+;;. The Morgan fingerprint density at radius 2 is 1.29 bits per heavy atom. The van der Waals surface area contributed by atoms with E-state index in [1.165, 1.54) is 76.3 Å². The van der Waals surface area contributed by atoms with Crippen LogP contribution >= 0.6 is 18.5 Å². The highest BCUT2D eigenvalue weighted by atomic mass is 32.7. The lowest BCUT2D eigenvalue weighted by atomic mass is 9.99. The summed E-state index contributed by atoms with van der Waals surface area (Å²) >= 11 is 1.97. The summed E-state index contributed by atoms with van der Waals surface area (Å²) in [6.45, 7) is 25.3. The van der Waals surface area contributed by atoms with Gasteiger partial charge in [-0.3, -0.25) is 0 Å². The molecule has 6 aromatic carbocycles. The van der Waals surface area contributed by atoms with Crippen LogP contribution in [0.3, 0.4) is 0 Å². The zero-order chi connectivity index (χ0) is 39.6. The van der Waals surface area contributed by atoms with Gasteiger partial charge in [-0.05, 0) is 119 Å². The Morgan fingerprint density at radius 1 is 0.696 bits per heavy atom. The Labute approximate surface area is 340 Å². The van der Waals surface area contributed by atoms with Crippen LogP contribution in [0.15, 0.2) is 201 Å². The van der Waals surface area contributed by atoms with Gasteiger partial charge in [-0.15, -0.1) is 11.4 Å². The predicted molar refractivity (Wildman–Crippen MR) is 258 cm³/mol. The summed E-state index contributed by atoms with van der Waals surface area (Å²) in [4.78, 5) is 0. The molecule has 0 heterocycles. The summed E-state index contributed by atoms with van der Waals surface area (Å²) in [5, 5.41) is 10.7. The van der Waals surface area contributed by atoms with Crippen molar-refractivity contribution in [3.05, 3.63) is 224 Å². The zero-order valence-electron chi connectivity index (χ0n) is 33.2. The molecular formula is C54H51PS. The first-order valence-corrected chi connectivity index (χ1v) is 22.3. The molecule has 2 aliphatic rings. The molecule has 1 atom stereocenters. The highest BCUT2D eigenvalue weighted by Gasteiger charge is 2.25. The Kier molecular flexibility index (Phi) is 13.6. The molecule has 0 nitrogen and oxygen atoms in total. The average molecular weight is 763 g/mol. The third kappa shape index (κ3) is 8.51. The fourth-order valence-electron chi connectivity index (χ4n) is 7.27. The van der Waals surface area contributed by atoms with Crippen molar-refractivity contribution >= 4 is 78.2 Å². The summed E-state index contributed by atoms with van der Waals surface area (Å²) in [7, 11) is -0.840. The number of hydrogen-bond donors (Lipinski definition) is 0. The summed E-state index contributed by atoms with van der Waals surface area (Å²) in [6.07, 6.45) is 17.5. The molecular weight excluding hydrogens is 712 g/mol. The Morgan fingerprint density at radius 3 is 1.98 bits per heavy atom. The second kappa shape index (κ2) is 18.9. The molecule has 0 aliphatic heterocycles. The van der Waals surface area contributed by atoms with Gasteiger partial charge in [0.2, 0.25) is 0 Å². The first-order valence-electron chi connectivity index (χ1n) is 19.4. The Bertz CT molecular complexity index is 2570. The van der Waals surface area contributed by atoms with Gasteiger partial charge in [0.1, 0.15) is 0 Å². The SMILES string of the molecule is C=C/C=C\C(=C)C(=C)CSP(/C1=C/C/C=C\C=C/C(=C)c2ccccc21)c1cc2ccccc2c2ccccc12.CC.CC1=C(C)c2cccc3cccc1c23. The van der Waals surface area contributed by atoms with Crippen molar-refractivity contribution in [2.45, 2.75) is 34.1 Å². The van der Waals surface area contributed by atoms with Crippen molar-refractivity contribution in [3.63, 3.8) is 0 Å². The van der Waals surface area contributed by atoms with Crippen LogP contribution in [-0.2, 0) is 0 Å². The summed E-state index contributed by atoms with van der Waals surface area (Å²) < 4.78 is 0. The average Bonchev–Trinajstić information content (AvgIpc) is 3.50. The fourth-order valence-corrected chi connectivity index (χ4v) is 12.3. The molecule has 0 bridgehead atoms. The van der Waals surface area contributed by atoms with Crippen LogP contribution in [0.25, 0.3) is 54.4 Å². The second-order valence-corrected chi connectivity index (χ2v) is 17.6. The third-order valence-electron chi connectivity index (χ3n) is 10.3. The van der Waals surface area contributed by atoms with Crippen LogP contribution in [-0.4, -0.2) is 5.75 Å². The van der Waals surface area contributed by atoms with E-state index in [2.05, 4.69) is 186 Å². The van der Waals surface area contributed by atoms with Gasteiger partial charge in [-0.2, -0.15) is 0 Å². The Hall–Kier alpha value is -5.46. The van der Waals surface area contributed by atoms with Crippen molar-refractivity contribution in [1.29, 1.82) is 0 Å². The minimum atomic E-state index is -0.840. The predicted octanol–water partition coefficient (Wildman–Crippen LogP) is 16.3. The number of benzene rings is 6. The molecule has 0 spiro atoms. The third-order valence-corrected chi connectivity index (χ3v) is 15.0. The summed E-state index contributed by atoms with van der Waals surface area (Å²) in [5.41, 5.74) is 11.1.